The van der Waals surface area contributed by atoms with E-state index in [1.54, 1.807) is 11.3 Å². The summed E-state index contributed by atoms with van der Waals surface area (Å²) in [6, 6.07) is 12.9. The summed E-state index contributed by atoms with van der Waals surface area (Å²) >= 11 is 1.70. The first kappa shape index (κ1) is 19.8. The van der Waals surface area contributed by atoms with Gasteiger partial charge in [-0.05, 0) is 67.7 Å². The van der Waals surface area contributed by atoms with Crippen molar-refractivity contribution in [3.8, 4) is 16.9 Å². The minimum Gasteiger partial charge on any atom is -0.493 e. The summed E-state index contributed by atoms with van der Waals surface area (Å²) in [7, 11) is 2.18. The normalized spacial score (nSPS) is 11.4. The number of unbranched alkanes of at least 4 members (excludes halogenated alkanes) is 2. The van der Waals surface area contributed by atoms with Crippen LogP contribution in [0.4, 0.5) is 4.39 Å². The SMILES string of the molecule is CCCCCN(C)CCCOc1ccc2c(-c3ccc(F)cc3)csc2c1. The number of fused-ring (bicyclic) bond motifs is 1. The zero-order chi connectivity index (χ0) is 19.1. The van der Waals surface area contributed by atoms with E-state index < -0.39 is 0 Å². The van der Waals surface area contributed by atoms with Gasteiger partial charge in [-0.3, -0.25) is 0 Å². The zero-order valence-corrected chi connectivity index (χ0v) is 17.0. The van der Waals surface area contributed by atoms with Crippen LogP contribution >= 0.6 is 11.3 Å². The van der Waals surface area contributed by atoms with Gasteiger partial charge in [-0.2, -0.15) is 0 Å². The number of halogens is 1. The number of rotatable bonds is 10. The summed E-state index contributed by atoms with van der Waals surface area (Å²) in [4.78, 5) is 2.39. The highest BCUT2D eigenvalue weighted by Gasteiger charge is 2.08. The van der Waals surface area contributed by atoms with Crippen molar-refractivity contribution in [1.29, 1.82) is 0 Å². The molecular formula is C23H28FNOS. The molecule has 0 bridgehead atoms. The van der Waals surface area contributed by atoms with E-state index in [1.807, 2.05) is 18.2 Å². The fraction of sp³-hybridized carbons (Fsp3) is 0.391. The van der Waals surface area contributed by atoms with E-state index >= 15 is 0 Å². The first-order chi connectivity index (χ1) is 13.2. The molecule has 4 heteroatoms. The summed E-state index contributed by atoms with van der Waals surface area (Å²) in [5.41, 5.74) is 2.19. The fourth-order valence-electron chi connectivity index (χ4n) is 3.22. The predicted octanol–water partition coefficient (Wildman–Crippen LogP) is 6.60. The van der Waals surface area contributed by atoms with Gasteiger partial charge in [0.05, 0.1) is 6.61 Å². The van der Waals surface area contributed by atoms with Crippen LogP contribution < -0.4 is 4.74 Å². The molecule has 0 spiro atoms. The number of benzene rings is 2. The highest BCUT2D eigenvalue weighted by Crippen LogP contribution is 2.36. The molecule has 27 heavy (non-hydrogen) atoms. The predicted molar refractivity (Wildman–Crippen MR) is 114 cm³/mol. The van der Waals surface area contributed by atoms with Gasteiger partial charge >= 0.3 is 0 Å². The maximum Gasteiger partial charge on any atom is 0.123 e. The summed E-state index contributed by atoms with van der Waals surface area (Å²) in [5.74, 6) is 0.716. The van der Waals surface area contributed by atoms with Gasteiger partial charge < -0.3 is 9.64 Å². The molecule has 0 saturated carbocycles. The average molecular weight is 386 g/mol. The molecule has 3 rings (SSSR count). The lowest BCUT2D eigenvalue weighted by molar-refractivity contribution is 0.260. The van der Waals surface area contributed by atoms with E-state index in [1.165, 1.54) is 48.0 Å². The average Bonchev–Trinajstić information content (AvgIpc) is 3.09. The molecule has 0 atom stereocenters. The van der Waals surface area contributed by atoms with E-state index in [0.29, 0.717) is 0 Å². The minimum absolute atomic E-state index is 0.204. The van der Waals surface area contributed by atoms with E-state index in [2.05, 4.69) is 36.4 Å². The molecule has 0 saturated heterocycles. The lowest BCUT2D eigenvalue weighted by Gasteiger charge is -2.16. The number of hydrogen-bond acceptors (Lipinski definition) is 3. The highest BCUT2D eigenvalue weighted by molar-refractivity contribution is 7.17. The smallest absolute Gasteiger partial charge is 0.123 e. The van der Waals surface area contributed by atoms with Crippen LogP contribution in [0.3, 0.4) is 0 Å². The zero-order valence-electron chi connectivity index (χ0n) is 16.2. The quantitative estimate of drug-likeness (QED) is 0.365. The molecule has 0 N–H and O–H groups in total. The molecule has 2 nitrogen and oxygen atoms in total. The Morgan fingerprint density at radius 3 is 2.56 bits per heavy atom. The Kier molecular flexibility index (Phi) is 7.25. The largest absolute Gasteiger partial charge is 0.493 e. The van der Waals surface area contributed by atoms with E-state index in [4.69, 9.17) is 4.74 Å². The van der Waals surface area contributed by atoms with Crippen LogP contribution in [0.1, 0.15) is 32.6 Å². The molecule has 0 radical (unpaired) electrons. The molecule has 1 aromatic heterocycles. The van der Waals surface area contributed by atoms with Crippen molar-refractivity contribution in [2.75, 3.05) is 26.7 Å². The van der Waals surface area contributed by atoms with Gasteiger partial charge in [0, 0.05) is 22.2 Å². The standard InChI is InChI=1S/C23H28FNOS/c1-3-4-5-13-25(2)14-6-15-26-20-11-12-21-22(17-27-23(21)16-20)18-7-9-19(24)10-8-18/h7-12,16-17H,3-6,13-15H2,1-2H3. The van der Waals surface area contributed by atoms with Gasteiger partial charge in [0.25, 0.3) is 0 Å². The topological polar surface area (TPSA) is 12.5 Å². The summed E-state index contributed by atoms with van der Waals surface area (Å²) in [6.45, 7) is 5.21. The number of ether oxygens (including phenoxy) is 1. The van der Waals surface area contributed by atoms with Gasteiger partial charge in [0.2, 0.25) is 0 Å². The van der Waals surface area contributed by atoms with Gasteiger partial charge in [-0.25, -0.2) is 4.39 Å². The van der Waals surface area contributed by atoms with Crippen molar-refractivity contribution in [2.24, 2.45) is 0 Å². The Morgan fingerprint density at radius 1 is 1.00 bits per heavy atom. The van der Waals surface area contributed by atoms with Crippen LogP contribution in [-0.2, 0) is 0 Å². The Bertz CT molecular complexity index is 843. The Hall–Kier alpha value is -1.91. The number of nitrogens with zero attached hydrogens (tertiary/aromatic N) is 1. The third-order valence-corrected chi connectivity index (χ3v) is 5.74. The van der Waals surface area contributed by atoms with Crippen LogP contribution in [0.5, 0.6) is 5.75 Å². The monoisotopic (exact) mass is 385 g/mol. The second kappa shape index (κ2) is 9.86. The molecule has 1 heterocycles. The van der Waals surface area contributed by atoms with Crippen LogP contribution in [0.2, 0.25) is 0 Å². The molecule has 144 valence electrons. The number of thiophene rings is 1. The van der Waals surface area contributed by atoms with Crippen molar-refractivity contribution in [3.63, 3.8) is 0 Å². The molecule has 0 amide bonds. The van der Waals surface area contributed by atoms with Crippen LogP contribution in [-0.4, -0.2) is 31.6 Å². The van der Waals surface area contributed by atoms with Crippen LogP contribution in [0.25, 0.3) is 21.2 Å². The lowest BCUT2D eigenvalue weighted by atomic mass is 10.0. The maximum atomic E-state index is 13.2. The van der Waals surface area contributed by atoms with Crippen molar-refractivity contribution in [3.05, 3.63) is 53.7 Å². The summed E-state index contributed by atoms with van der Waals surface area (Å²) in [6.07, 6.45) is 4.89. The van der Waals surface area contributed by atoms with E-state index in [-0.39, 0.29) is 5.82 Å². The molecule has 3 aromatic rings. The van der Waals surface area contributed by atoms with E-state index in [9.17, 15) is 4.39 Å². The molecular weight excluding hydrogens is 357 g/mol. The fourth-order valence-corrected chi connectivity index (χ4v) is 4.22. The lowest BCUT2D eigenvalue weighted by Crippen LogP contribution is -2.22. The third-order valence-electron chi connectivity index (χ3n) is 4.80. The highest BCUT2D eigenvalue weighted by atomic mass is 32.1. The van der Waals surface area contributed by atoms with Crippen LogP contribution in [0.15, 0.2) is 47.8 Å². The van der Waals surface area contributed by atoms with Gasteiger partial charge in [0.1, 0.15) is 11.6 Å². The third kappa shape index (κ3) is 5.53. The second-order valence-electron chi connectivity index (χ2n) is 7.03. The molecule has 0 aliphatic carbocycles. The Morgan fingerprint density at radius 2 is 1.78 bits per heavy atom. The van der Waals surface area contributed by atoms with Gasteiger partial charge in [-0.1, -0.05) is 31.9 Å². The van der Waals surface area contributed by atoms with Gasteiger partial charge in [-0.15, -0.1) is 11.3 Å². The van der Waals surface area contributed by atoms with Crippen molar-refractivity contribution >= 4 is 21.4 Å². The molecule has 0 unspecified atom stereocenters. The summed E-state index contributed by atoms with van der Waals surface area (Å²) in [5, 5.41) is 3.32. The molecule has 0 aliphatic heterocycles. The molecule has 2 aromatic carbocycles. The van der Waals surface area contributed by atoms with E-state index in [0.717, 1.165) is 36.4 Å². The van der Waals surface area contributed by atoms with Crippen molar-refractivity contribution in [1.82, 2.24) is 4.90 Å². The first-order valence-corrected chi connectivity index (χ1v) is 10.6. The summed E-state index contributed by atoms with van der Waals surface area (Å²) < 4.78 is 20.3. The molecule has 0 aliphatic rings. The Balaban J connectivity index is 1.54. The molecule has 0 fully saturated rings. The number of hydrogen-bond donors (Lipinski definition) is 0. The van der Waals surface area contributed by atoms with Crippen LogP contribution in [0, 0.1) is 5.82 Å². The van der Waals surface area contributed by atoms with Crippen molar-refractivity contribution < 1.29 is 9.13 Å². The first-order valence-electron chi connectivity index (χ1n) is 9.76. The minimum atomic E-state index is -0.204. The Labute approximate surface area is 165 Å². The van der Waals surface area contributed by atoms with Gasteiger partial charge in [0.15, 0.2) is 0 Å². The van der Waals surface area contributed by atoms with Crippen molar-refractivity contribution in [2.45, 2.75) is 32.6 Å². The second-order valence-corrected chi connectivity index (χ2v) is 7.94. The maximum absolute atomic E-state index is 13.2.